The molecule has 3 unspecified atom stereocenters. The first-order valence-electron chi connectivity index (χ1n) is 7.46. The van der Waals surface area contributed by atoms with E-state index in [1.54, 1.807) is 6.07 Å². The van der Waals surface area contributed by atoms with E-state index in [2.05, 4.69) is 18.7 Å². The minimum atomic E-state index is -4.31. The van der Waals surface area contributed by atoms with Crippen LogP contribution in [0.2, 0.25) is 0 Å². The third-order valence-electron chi connectivity index (χ3n) is 4.39. The number of hydrogen-bond acceptors (Lipinski definition) is 2. The molecule has 0 radical (unpaired) electrons. The van der Waals surface area contributed by atoms with Crippen LogP contribution in [-0.2, 0) is 6.18 Å². The van der Waals surface area contributed by atoms with E-state index in [9.17, 15) is 13.2 Å². The van der Waals surface area contributed by atoms with Gasteiger partial charge in [0.1, 0.15) is 0 Å². The molecule has 118 valence electrons. The maximum atomic E-state index is 12.9. The number of rotatable bonds is 3. The summed E-state index contributed by atoms with van der Waals surface area (Å²) < 4.78 is 38.6. The number of nitrogens with two attached hydrogens (primary N) is 1. The van der Waals surface area contributed by atoms with E-state index in [0.717, 1.165) is 25.5 Å². The van der Waals surface area contributed by atoms with Crippen LogP contribution in [-0.4, -0.2) is 24.0 Å². The van der Waals surface area contributed by atoms with E-state index in [0.29, 0.717) is 24.1 Å². The zero-order valence-electron chi connectivity index (χ0n) is 12.5. The molecule has 0 amide bonds. The summed E-state index contributed by atoms with van der Waals surface area (Å²) in [5, 5.41) is 0. The number of alkyl halides is 3. The Morgan fingerprint density at radius 3 is 2.62 bits per heavy atom. The van der Waals surface area contributed by atoms with Crippen LogP contribution >= 0.6 is 0 Å². The van der Waals surface area contributed by atoms with Crippen molar-refractivity contribution in [1.29, 1.82) is 0 Å². The minimum Gasteiger partial charge on any atom is -0.329 e. The highest BCUT2D eigenvalue weighted by Gasteiger charge is 2.33. The molecule has 2 N–H and O–H groups in total. The van der Waals surface area contributed by atoms with Gasteiger partial charge in [-0.3, -0.25) is 4.90 Å². The van der Waals surface area contributed by atoms with Gasteiger partial charge in [-0.15, -0.1) is 0 Å². The van der Waals surface area contributed by atoms with E-state index < -0.39 is 11.7 Å². The van der Waals surface area contributed by atoms with Gasteiger partial charge < -0.3 is 5.73 Å². The van der Waals surface area contributed by atoms with Crippen LogP contribution in [0.4, 0.5) is 13.2 Å². The van der Waals surface area contributed by atoms with Gasteiger partial charge in [0.15, 0.2) is 0 Å². The summed E-state index contributed by atoms with van der Waals surface area (Å²) in [5.41, 5.74) is 5.94. The van der Waals surface area contributed by atoms with Crippen LogP contribution in [0.1, 0.15) is 43.9 Å². The molecule has 2 rings (SSSR count). The second-order valence-corrected chi connectivity index (χ2v) is 6.10. The Morgan fingerprint density at radius 2 is 2.00 bits per heavy atom. The average molecular weight is 300 g/mol. The van der Waals surface area contributed by atoms with Gasteiger partial charge in [0.25, 0.3) is 0 Å². The number of likely N-dealkylation sites (tertiary alicyclic amines) is 1. The third-order valence-corrected chi connectivity index (χ3v) is 4.39. The van der Waals surface area contributed by atoms with Crippen molar-refractivity contribution in [3.05, 3.63) is 35.4 Å². The minimum absolute atomic E-state index is 0.148. The predicted molar refractivity (Wildman–Crippen MR) is 77.8 cm³/mol. The van der Waals surface area contributed by atoms with E-state index in [1.165, 1.54) is 12.1 Å². The van der Waals surface area contributed by atoms with Gasteiger partial charge in [-0.25, -0.2) is 0 Å². The molecule has 0 bridgehead atoms. The standard InChI is InChI=1S/C16H23F3N2/c1-11-6-7-12(2)21(10-11)15(9-20)13-4-3-5-14(8-13)16(17,18)19/h3-5,8,11-12,15H,6-7,9-10,20H2,1-2H3. The molecule has 2 nitrogen and oxygen atoms in total. The van der Waals surface area contributed by atoms with Crippen molar-refractivity contribution >= 4 is 0 Å². The maximum absolute atomic E-state index is 12.9. The lowest BCUT2D eigenvalue weighted by atomic mass is 9.91. The highest BCUT2D eigenvalue weighted by atomic mass is 19.4. The number of hydrogen-bond donors (Lipinski definition) is 1. The average Bonchev–Trinajstić information content (AvgIpc) is 2.43. The molecule has 1 heterocycles. The molecule has 1 aliphatic heterocycles. The van der Waals surface area contributed by atoms with Crippen molar-refractivity contribution in [3.8, 4) is 0 Å². The molecule has 0 aliphatic carbocycles. The van der Waals surface area contributed by atoms with Gasteiger partial charge in [0.05, 0.1) is 5.56 Å². The maximum Gasteiger partial charge on any atom is 0.416 e. The highest BCUT2D eigenvalue weighted by molar-refractivity contribution is 5.28. The predicted octanol–water partition coefficient (Wildman–Crippen LogP) is 3.83. The first-order valence-corrected chi connectivity index (χ1v) is 7.46. The molecule has 5 heteroatoms. The summed E-state index contributed by atoms with van der Waals surface area (Å²) in [7, 11) is 0. The third kappa shape index (κ3) is 3.77. The normalized spacial score (nSPS) is 25.8. The fourth-order valence-electron chi connectivity index (χ4n) is 3.14. The molecule has 1 aromatic carbocycles. The molecule has 1 aromatic rings. The van der Waals surface area contributed by atoms with Gasteiger partial charge in [-0.05, 0) is 43.4 Å². The molecular weight excluding hydrogens is 277 g/mol. The molecule has 1 aliphatic rings. The van der Waals surface area contributed by atoms with Crippen LogP contribution in [0, 0.1) is 5.92 Å². The zero-order chi connectivity index (χ0) is 15.6. The van der Waals surface area contributed by atoms with Crippen molar-refractivity contribution in [1.82, 2.24) is 4.90 Å². The molecular formula is C16H23F3N2. The van der Waals surface area contributed by atoms with Gasteiger partial charge in [-0.1, -0.05) is 19.1 Å². The second kappa shape index (κ2) is 6.36. The summed E-state index contributed by atoms with van der Waals surface area (Å²) in [6, 6.07) is 5.77. The first kappa shape index (κ1) is 16.3. The number of benzene rings is 1. The van der Waals surface area contributed by atoms with Crippen molar-refractivity contribution in [3.63, 3.8) is 0 Å². The number of piperidine rings is 1. The highest BCUT2D eigenvalue weighted by Crippen LogP contribution is 2.34. The topological polar surface area (TPSA) is 29.3 Å². The monoisotopic (exact) mass is 300 g/mol. The van der Waals surface area contributed by atoms with E-state index in [4.69, 9.17) is 5.73 Å². The lowest BCUT2D eigenvalue weighted by molar-refractivity contribution is -0.137. The summed E-state index contributed by atoms with van der Waals surface area (Å²) in [6.45, 7) is 5.53. The Balaban J connectivity index is 2.28. The lowest BCUT2D eigenvalue weighted by Crippen LogP contribution is -2.45. The summed E-state index contributed by atoms with van der Waals surface area (Å²) in [5.74, 6) is 0.557. The van der Waals surface area contributed by atoms with Crippen molar-refractivity contribution < 1.29 is 13.2 Å². The molecule has 21 heavy (non-hydrogen) atoms. The van der Waals surface area contributed by atoms with Gasteiger partial charge in [0.2, 0.25) is 0 Å². The molecule has 1 saturated heterocycles. The molecule has 0 aromatic heterocycles. The molecule has 0 saturated carbocycles. The second-order valence-electron chi connectivity index (χ2n) is 6.10. The van der Waals surface area contributed by atoms with Gasteiger partial charge in [-0.2, -0.15) is 13.2 Å². The van der Waals surface area contributed by atoms with Gasteiger partial charge in [0, 0.05) is 25.2 Å². The lowest BCUT2D eigenvalue weighted by Gasteiger charge is -2.42. The largest absolute Gasteiger partial charge is 0.416 e. The Labute approximate surface area is 124 Å². The van der Waals surface area contributed by atoms with Crippen molar-refractivity contribution in [2.24, 2.45) is 11.7 Å². The molecule has 1 fully saturated rings. The molecule has 0 spiro atoms. The van der Waals surface area contributed by atoms with Crippen molar-refractivity contribution in [2.75, 3.05) is 13.1 Å². The van der Waals surface area contributed by atoms with Gasteiger partial charge >= 0.3 is 6.18 Å². The smallest absolute Gasteiger partial charge is 0.329 e. The van der Waals surface area contributed by atoms with E-state index in [-0.39, 0.29) is 6.04 Å². The quantitative estimate of drug-likeness (QED) is 0.919. The van der Waals surface area contributed by atoms with Crippen LogP contribution in [0.3, 0.4) is 0 Å². The summed E-state index contributed by atoms with van der Waals surface area (Å²) in [4.78, 5) is 2.25. The molecule has 3 atom stereocenters. The Kier molecular flexibility index (Phi) is 4.94. The van der Waals surface area contributed by atoms with Crippen molar-refractivity contribution in [2.45, 2.75) is 44.9 Å². The summed E-state index contributed by atoms with van der Waals surface area (Å²) in [6.07, 6.45) is -2.08. The number of nitrogens with zero attached hydrogens (tertiary/aromatic N) is 1. The zero-order valence-corrected chi connectivity index (χ0v) is 12.5. The Bertz CT molecular complexity index is 473. The van der Waals surface area contributed by atoms with Crippen LogP contribution in [0.25, 0.3) is 0 Å². The first-order chi connectivity index (χ1) is 9.82. The SMILES string of the molecule is CC1CCC(C)N(C(CN)c2cccc(C(F)(F)F)c2)C1. The fourth-order valence-corrected chi connectivity index (χ4v) is 3.14. The Morgan fingerprint density at radius 1 is 1.29 bits per heavy atom. The number of halogens is 3. The van der Waals surface area contributed by atoms with E-state index in [1.807, 2.05) is 0 Å². The van der Waals surface area contributed by atoms with Crippen LogP contribution < -0.4 is 5.73 Å². The van der Waals surface area contributed by atoms with Crippen LogP contribution in [0.15, 0.2) is 24.3 Å². The van der Waals surface area contributed by atoms with E-state index >= 15 is 0 Å². The fraction of sp³-hybridized carbons (Fsp3) is 0.625. The van der Waals surface area contributed by atoms with Crippen LogP contribution in [0.5, 0.6) is 0 Å². The summed E-state index contributed by atoms with van der Waals surface area (Å²) >= 11 is 0. The Hall–Kier alpha value is -1.07.